The number of hydrogen-bond donors (Lipinski definition) is 0. The van der Waals surface area contributed by atoms with E-state index < -0.39 is 22.7 Å². The lowest BCUT2D eigenvalue weighted by molar-refractivity contribution is -0.489. The van der Waals surface area contributed by atoms with E-state index in [4.69, 9.17) is 0 Å². The Morgan fingerprint density at radius 1 is 1.21 bits per heavy atom. The third-order valence-electron chi connectivity index (χ3n) is 1.48. The Bertz CT molecular complexity index is 319. The molecule has 0 spiro atoms. The highest BCUT2D eigenvalue weighted by molar-refractivity contribution is 5.21. The topological polar surface area (TPSA) is 12.5 Å². The molecule has 0 aliphatic rings. The zero-order chi connectivity index (χ0) is 10.8. The normalized spacial score (nSPS) is 12.1. The largest absolute Gasteiger partial charge is 0.385 e. The van der Waals surface area contributed by atoms with Crippen molar-refractivity contribution in [1.82, 2.24) is 5.29 Å². The smallest absolute Gasteiger partial charge is 0.206 e. The zero-order valence-corrected chi connectivity index (χ0v) is 6.55. The van der Waals surface area contributed by atoms with Crippen LogP contribution in [0.5, 0.6) is 0 Å². The fourth-order valence-electron chi connectivity index (χ4n) is 0.843. The molecule has 0 unspecified atom stereocenters. The molecule has 14 heavy (non-hydrogen) atoms. The number of benzene rings is 1. The minimum atomic E-state index is -4.51. The van der Waals surface area contributed by atoms with Gasteiger partial charge in [0.1, 0.15) is 5.82 Å². The summed E-state index contributed by atoms with van der Waals surface area (Å²) in [5.74, 6) is -1.36. The zero-order valence-electron chi connectivity index (χ0n) is 6.55. The molecule has 7 heteroatoms. The number of halogens is 5. The van der Waals surface area contributed by atoms with Gasteiger partial charge < -0.3 is 0 Å². The predicted molar refractivity (Wildman–Crippen MR) is 35.4 cm³/mol. The highest BCUT2D eigenvalue weighted by Gasteiger charge is 2.44. The Morgan fingerprint density at radius 2 is 1.79 bits per heavy atom. The standard InChI is InChI=1S/C7H4F5NO/c8-6-4-2-1-3-5(6)7(9,10)13(11)14-12/h1-4H. The highest BCUT2D eigenvalue weighted by atomic mass is 19.4. The van der Waals surface area contributed by atoms with Crippen molar-refractivity contribution in [3.8, 4) is 0 Å². The van der Waals surface area contributed by atoms with Crippen LogP contribution in [0.15, 0.2) is 24.3 Å². The number of alkyl halides is 2. The summed E-state index contributed by atoms with van der Waals surface area (Å²) in [7, 11) is 0. The van der Waals surface area contributed by atoms with Gasteiger partial charge >= 0.3 is 6.05 Å². The van der Waals surface area contributed by atoms with Crippen LogP contribution in [0.3, 0.4) is 0 Å². The van der Waals surface area contributed by atoms with Gasteiger partial charge in [-0.15, -0.1) is 0 Å². The average molecular weight is 213 g/mol. The van der Waals surface area contributed by atoms with Crippen LogP contribution in [0.25, 0.3) is 0 Å². The van der Waals surface area contributed by atoms with E-state index >= 15 is 0 Å². The van der Waals surface area contributed by atoms with Crippen LogP contribution in [0.1, 0.15) is 5.56 Å². The lowest BCUT2D eigenvalue weighted by atomic mass is 10.2. The summed E-state index contributed by atoms with van der Waals surface area (Å²) in [6.07, 6.45) is 0. The van der Waals surface area contributed by atoms with Crippen molar-refractivity contribution >= 4 is 0 Å². The molecule has 0 N–H and O–H groups in total. The maximum absolute atomic E-state index is 12.8. The summed E-state index contributed by atoms with van der Waals surface area (Å²) in [4.78, 5) is 0. The van der Waals surface area contributed by atoms with E-state index in [2.05, 4.69) is 5.04 Å². The Balaban J connectivity index is 3.09. The number of rotatable bonds is 3. The van der Waals surface area contributed by atoms with Crippen LogP contribution in [0, 0.1) is 5.82 Å². The molecule has 0 heterocycles. The number of hydrogen-bond acceptors (Lipinski definition) is 2. The molecule has 78 valence electrons. The van der Waals surface area contributed by atoms with Crippen LogP contribution >= 0.6 is 0 Å². The molecule has 0 radical (unpaired) electrons. The van der Waals surface area contributed by atoms with Gasteiger partial charge in [-0.25, -0.2) is 4.39 Å². The van der Waals surface area contributed by atoms with Crippen molar-refractivity contribution in [2.45, 2.75) is 6.05 Å². The van der Waals surface area contributed by atoms with Crippen LogP contribution in [-0.2, 0) is 11.1 Å². The maximum atomic E-state index is 12.8. The Labute approximate surface area is 75.3 Å². The van der Waals surface area contributed by atoms with Crippen molar-refractivity contribution in [3.63, 3.8) is 0 Å². The Hall–Kier alpha value is -1.21. The molecule has 0 aliphatic carbocycles. The van der Waals surface area contributed by atoms with Gasteiger partial charge in [-0.3, -0.25) is 0 Å². The Morgan fingerprint density at radius 3 is 2.29 bits per heavy atom. The van der Waals surface area contributed by atoms with Gasteiger partial charge in [0.2, 0.25) is 0 Å². The third-order valence-corrected chi connectivity index (χ3v) is 1.48. The summed E-state index contributed by atoms with van der Waals surface area (Å²) in [6.45, 7) is 0. The van der Waals surface area contributed by atoms with E-state index in [0.717, 1.165) is 12.1 Å². The number of nitrogens with zero attached hydrogens (tertiary/aromatic N) is 1. The van der Waals surface area contributed by atoms with E-state index in [1.807, 2.05) is 0 Å². The molecule has 0 saturated carbocycles. The lowest BCUT2D eigenvalue weighted by Crippen LogP contribution is -2.31. The SMILES string of the molecule is FON(F)C(F)(F)c1ccccc1F. The van der Waals surface area contributed by atoms with E-state index in [0.29, 0.717) is 12.1 Å². The molecule has 0 saturated heterocycles. The first-order chi connectivity index (χ1) is 6.50. The van der Waals surface area contributed by atoms with Crippen molar-refractivity contribution in [2.24, 2.45) is 0 Å². The minimum absolute atomic E-state index is 0.612. The summed E-state index contributed by atoms with van der Waals surface area (Å²) < 4.78 is 61.5. The van der Waals surface area contributed by atoms with Gasteiger partial charge in [-0.05, 0) is 16.7 Å². The fourth-order valence-corrected chi connectivity index (χ4v) is 0.843. The van der Waals surface area contributed by atoms with Crippen molar-refractivity contribution < 1.29 is 27.2 Å². The molecule has 1 aromatic rings. The van der Waals surface area contributed by atoms with Crippen molar-refractivity contribution in [2.75, 3.05) is 0 Å². The van der Waals surface area contributed by atoms with Crippen LogP contribution in [0.2, 0.25) is 0 Å². The molecule has 1 rings (SSSR count). The molecule has 1 aromatic carbocycles. The van der Waals surface area contributed by atoms with Gasteiger partial charge in [-0.2, -0.15) is 8.78 Å². The number of hydroxylamine groups is 1. The average Bonchev–Trinajstić information content (AvgIpc) is 2.17. The van der Waals surface area contributed by atoms with E-state index in [1.54, 1.807) is 0 Å². The summed E-state index contributed by atoms with van der Waals surface area (Å²) in [6, 6.07) is -1.03. The lowest BCUT2D eigenvalue weighted by Gasteiger charge is -2.18. The summed E-state index contributed by atoms with van der Waals surface area (Å²) in [5.41, 5.74) is -1.32. The van der Waals surface area contributed by atoms with E-state index in [1.165, 1.54) is 0 Å². The second-order valence-electron chi connectivity index (χ2n) is 2.33. The van der Waals surface area contributed by atoms with Crippen molar-refractivity contribution in [3.05, 3.63) is 35.6 Å². The maximum Gasteiger partial charge on any atom is 0.385 e. The first-order valence-electron chi connectivity index (χ1n) is 3.37. The molecule has 2 nitrogen and oxygen atoms in total. The van der Waals surface area contributed by atoms with E-state index in [-0.39, 0.29) is 0 Å². The molecule has 0 bridgehead atoms. The highest BCUT2D eigenvalue weighted by Crippen LogP contribution is 2.34. The van der Waals surface area contributed by atoms with Gasteiger partial charge in [0, 0.05) is 0 Å². The van der Waals surface area contributed by atoms with Crippen LogP contribution < -0.4 is 0 Å². The summed E-state index contributed by atoms with van der Waals surface area (Å²) in [5, 5.41) is 0.305. The van der Waals surface area contributed by atoms with Crippen LogP contribution in [0.4, 0.5) is 22.2 Å². The molecular formula is C7H4F5NO. The third kappa shape index (κ3) is 1.83. The molecule has 0 atom stereocenters. The van der Waals surface area contributed by atoms with Gasteiger partial charge in [-0.1, -0.05) is 21.7 Å². The second kappa shape index (κ2) is 3.89. The molecule has 0 amide bonds. The second-order valence-corrected chi connectivity index (χ2v) is 2.33. The first-order valence-corrected chi connectivity index (χ1v) is 3.37. The van der Waals surface area contributed by atoms with Crippen LogP contribution in [-0.4, -0.2) is 5.29 Å². The fraction of sp³-hybridized carbons (Fsp3) is 0.143. The van der Waals surface area contributed by atoms with Gasteiger partial charge in [0.05, 0.1) is 10.8 Å². The van der Waals surface area contributed by atoms with E-state index in [9.17, 15) is 22.2 Å². The Kier molecular flexibility index (Phi) is 3.02. The monoisotopic (exact) mass is 213 g/mol. The molecule has 0 aliphatic heterocycles. The molecule has 0 aromatic heterocycles. The minimum Gasteiger partial charge on any atom is -0.206 e. The first kappa shape index (κ1) is 10.9. The van der Waals surface area contributed by atoms with Gasteiger partial charge in [0.15, 0.2) is 0 Å². The predicted octanol–water partition coefficient (Wildman–Crippen LogP) is 2.88. The van der Waals surface area contributed by atoms with Gasteiger partial charge in [0.25, 0.3) is 0 Å². The quantitative estimate of drug-likeness (QED) is 0.331. The molecular weight excluding hydrogens is 209 g/mol. The summed E-state index contributed by atoms with van der Waals surface area (Å²) >= 11 is 0. The molecule has 0 fully saturated rings. The van der Waals surface area contributed by atoms with Crippen molar-refractivity contribution in [1.29, 1.82) is 0 Å².